The van der Waals surface area contributed by atoms with Crippen molar-refractivity contribution in [2.75, 3.05) is 13.2 Å². The van der Waals surface area contributed by atoms with Gasteiger partial charge in [0, 0.05) is 18.3 Å². The summed E-state index contributed by atoms with van der Waals surface area (Å²) >= 11 is 0. The third-order valence-electron chi connectivity index (χ3n) is 6.27. The Labute approximate surface area is 192 Å². The first kappa shape index (κ1) is 25.2. The average Bonchev–Trinajstić information content (AvgIpc) is 2.80. The standard InChI is InChI=1S/C26H40O6/c1-24(2,3)32-23(27)13-12-21-26(6)14-15-29-25(4,5)31-22(26)16-20(30-21)18-28-17-19-10-8-7-9-11-19/h7-11,20-22H,12-18H2,1-6H3/t20-,21-,22+,26-/m0/s1. The number of hydrogen-bond acceptors (Lipinski definition) is 6. The Morgan fingerprint density at radius 3 is 2.56 bits per heavy atom. The van der Waals surface area contributed by atoms with Crippen LogP contribution in [0.1, 0.15) is 72.8 Å². The first-order valence-electron chi connectivity index (χ1n) is 11.8. The molecule has 0 bridgehead atoms. The highest BCUT2D eigenvalue weighted by atomic mass is 16.7. The van der Waals surface area contributed by atoms with Crippen LogP contribution in [-0.2, 0) is 35.1 Å². The number of hydrogen-bond donors (Lipinski definition) is 0. The van der Waals surface area contributed by atoms with Gasteiger partial charge in [0.05, 0.1) is 38.1 Å². The first-order chi connectivity index (χ1) is 15.0. The third kappa shape index (κ3) is 7.01. The Kier molecular flexibility index (Phi) is 8.02. The Hall–Kier alpha value is -1.47. The number of carbonyl (C=O) groups is 1. The van der Waals surface area contributed by atoms with Gasteiger partial charge in [-0.2, -0.15) is 0 Å². The number of fused-ring (bicyclic) bond motifs is 1. The molecule has 2 aliphatic rings. The van der Waals surface area contributed by atoms with E-state index >= 15 is 0 Å². The van der Waals surface area contributed by atoms with Gasteiger partial charge in [-0.3, -0.25) is 4.79 Å². The molecule has 1 aromatic carbocycles. The quantitative estimate of drug-likeness (QED) is 0.545. The summed E-state index contributed by atoms with van der Waals surface area (Å²) in [5, 5.41) is 0. The molecule has 2 saturated heterocycles. The number of carbonyl (C=O) groups excluding carboxylic acids is 1. The number of rotatable bonds is 7. The molecule has 2 fully saturated rings. The van der Waals surface area contributed by atoms with Gasteiger partial charge in [-0.05, 0) is 53.0 Å². The summed E-state index contributed by atoms with van der Waals surface area (Å²) in [6.07, 6.45) is 2.17. The van der Waals surface area contributed by atoms with Crippen LogP contribution in [0.25, 0.3) is 0 Å². The van der Waals surface area contributed by atoms with Crippen LogP contribution in [0.2, 0.25) is 0 Å². The molecule has 6 heteroatoms. The van der Waals surface area contributed by atoms with Crippen LogP contribution in [0.5, 0.6) is 0 Å². The van der Waals surface area contributed by atoms with E-state index in [9.17, 15) is 4.79 Å². The second-order valence-corrected chi connectivity index (χ2v) is 10.7. The number of ether oxygens (including phenoxy) is 5. The zero-order valence-corrected chi connectivity index (χ0v) is 20.5. The highest BCUT2D eigenvalue weighted by Gasteiger charge is 2.51. The largest absolute Gasteiger partial charge is 0.460 e. The van der Waals surface area contributed by atoms with Crippen LogP contribution in [-0.4, -0.2) is 48.9 Å². The monoisotopic (exact) mass is 448 g/mol. The molecule has 6 nitrogen and oxygen atoms in total. The maximum Gasteiger partial charge on any atom is 0.306 e. The minimum absolute atomic E-state index is 0.0392. The second-order valence-electron chi connectivity index (χ2n) is 10.7. The van der Waals surface area contributed by atoms with Crippen LogP contribution < -0.4 is 0 Å². The third-order valence-corrected chi connectivity index (χ3v) is 6.27. The van der Waals surface area contributed by atoms with E-state index in [-0.39, 0.29) is 29.7 Å². The van der Waals surface area contributed by atoms with Crippen molar-refractivity contribution in [3.8, 4) is 0 Å². The van der Waals surface area contributed by atoms with Gasteiger partial charge in [0.15, 0.2) is 5.79 Å². The molecular formula is C26H40O6. The summed E-state index contributed by atoms with van der Waals surface area (Å²) in [4.78, 5) is 12.4. The normalized spacial score (nSPS) is 30.2. The molecule has 32 heavy (non-hydrogen) atoms. The SMILES string of the molecule is CC(C)(C)OC(=O)CC[C@@H]1O[C@H](COCc2ccccc2)C[C@H]2OC(C)(C)OCC[C@@]12C. The minimum Gasteiger partial charge on any atom is -0.460 e. The maximum absolute atomic E-state index is 12.4. The van der Waals surface area contributed by atoms with Crippen molar-refractivity contribution in [3.63, 3.8) is 0 Å². The fraction of sp³-hybridized carbons (Fsp3) is 0.731. The fourth-order valence-corrected chi connectivity index (χ4v) is 4.59. The Morgan fingerprint density at radius 1 is 1.16 bits per heavy atom. The van der Waals surface area contributed by atoms with Gasteiger partial charge in [-0.25, -0.2) is 0 Å². The zero-order chi connectivity index (χ0) is 23.4. The number of esters is 1. The lowest BCUT2D eigenvalue weighted by atomic mass is 9.70. The van der Waals surface area contributed by atoms with Gasteiger partial charge in [0.2, 0.25) is 0 Å². The van der Waals surface area contributed by atoms with E-state index in [4.69, 9.17) is 23.7 Å². The van der Waals surface area contributed by atoms with Gasteiger partial charge in [-0.15, -0.1) is 0 Å². The minimum atomic E-state index is -0.648. The average molecular weight is 449 g/mol. The summed E-state index contributed by atoms with van der Waals surface area (Å²) in [6.45, 7) is 13.4. The Balaban J connectivity index is 1.67. The van der Waals surface area contributed by atoms with Gasteiger partial charge in [-0.1, -0.05) is 37.3 Å². The van der Waals surface area contributed by atoms with E-state index in [0.717, 1.165) is 18.4 Å². The molecule has 0 N–H and O–H groups in total. The van der Waals surface area contributed by atoms with Crippen LogP contribution in [0, 0.1) is 5.41 Å². The molecule has 0 aromatic heterocycles. The predicted octanol–water partition coefficient (Wildman–Crippen LogP) is 5.03. The van der Waals surface area contributed by atoms with Crippen LogP contribution in [0.3, 0.4) is 0 Å². The molecule has 0 spiro atoms. The molecule has 180 valence electrons. The lowest BCUT2D eigenvalue weighted by molar-refractivity contribution is -0.269. The van der Waals surface area contributed by atoms with Gasteiger partial charge >= 0.3 is 5.97 Å². The van der Waals surface area contributed by atoms with Crippen molar-refractivity contribution in [2.24, 2.45) is 5.41 Å². The summed E-state index contributed by atoms with van der Waals surface area (Å²) in [5.41, 5.74) is 0.398. The summed E-state index contributed by atoms with van der Waals surface area (Å²) in [7, 11) is 0. The summed E-state index contributed by atoms with van der Waals surface area (Å²) in [6, 6.07) is 10.1. The van der Waals surface area contributed by atoms with E-state index in [1.165, 1.54) is 0 Å². The molecule has 1 aromatic rings. The van der Waals surface area contributed by atoms with Crippen molar-refractivity contribution in [1.82, 2.24) is 0 Å². The van der Waals surface area contributed by atoms with E-state index in [1.54, 1.807) is 0 Å². The van der Waals surface area contributed by atoms with Gasteiger partial charge in [0.25, 0.3) is 0 Å². The lowest BCUT2D eigenvalue weighted by Gasteiger charge is -2.49. The smallest absolute Gasteiger partial charge is 0.306 e. The van der Waals surface area contributed by atoms with Crippen molar-refractivity contribution >= 4 is 5.97 Å². The van der Waals surface area contributed by atoms with E-state index in [2.05, 4.69) is 19.1 Å². The summed E-state index contributed by atoms with van der Waals surface area (Å²) in [5.74, 6) is -0.847. The Morgan fingerprint density at radius 2 is 1.88 bits per heavy atom. The van der Waals surface area contributed by atoms with E-state index < -0.39 is 11.4 Å². The molecule has 0 aliphatic carbocycles. The van der Waals surface area contributed by atoms with E-state index in [0.29, 0.717) is 32.7 Å². The zero-order valence-electron chi connectivity index (χ0n) is 20.5. The van der Waals surface area contributed by atoms with Gasteiger partial charge < -0.3 is 23.7 Å². The molecule has 0 saturated carbocycles. The molecule has 0 radical (unpaired) electrons. The molecule has 4 atom stereocenters. The molecule has 3 rings (SSSR count). The van der Waals surface area contributed by atoms with Crippen molar-refractivity contribution < 1.29 is 28.5 Å². The second kappa shape index (κ2) is 10.2. The van der Waals surface area contributed by atoms with Crippen molar-refractivity contribution in [2.45, 2.75) is 104 Å². The molecule has 2 aliphatic heterocycles. The number of benzene rings is 1. The summed E-state index contributed by atoms with van der Waals surface area (Å²) < 4.78 is 30.5. The molecular weight excluding hydrogens is 408 g/mol. The lowest BCUT2D eigenvalue weighted by Crippen LogP contribution is -2.54. The van der Waals surface area contributed by atoms with Crippen molar-refractivity contribution in [3.05, 3.63) is 35.9 Å². The maximum atomic E-state index is 12.4. The topological polar surface area (TPSA) is 63.2 Å². The van der Waals surface area contributed by atoms with Crippen molar-refractivity contribution in [1.29, 1.82) is 0 Å². The van der Waals surface area contributed by atoms with Gasteiger partial charge in [0.1, 0.15) is 5.60 Å². The first-order valence-corrected chi connectivity index (χ1v) is 11.8. The molecule has 2 heterocycles. The van der Waals surface area contributed by atoms with Crippen LogP contribution in [0.15, 0.2) is 30.3 Å². The van der Waals surface area contributed by atoms with Crippen LogP contribution in [0.4, 0.5) is 0 Å². The molecule has 0 amide bonds. The fourth-order valence-electron chi connectivity index (χ4n) is 4.59. The molecule has 0 unspecified atom stereocenters. The Bertz CT molecular complexity index is 740. The van der Waals surface area contributed by atoms with Crippen LogP contribution >= 0.6 is 0 Å². The highest BCUT2D eigenvalue weighted by molar-refractivity contribution is 5.69. The highest BCUT2D eigenvalue weighted by Crippen LogP contribution is 2.46. The predicted molar refractivity (Wildman–Crippen MR) is 122 cm³/mol. The van der Waals surface area contributed by atoms with E-state index in [1.807, 2.05) is 52.8 Å².